The van der Waals surface area contributed by atoms with Gasteiger partial charge in [-0.2, -0.15) is 5.10 Å². The molecule has 0 aliphatic heterocycles. The van der Waals surface area contributed by atoms with Crippen LogP contribution in [0.2, 0.25) is 0 Å². The molecule has 5 rings (SSSR count). The molecule has 2 aromatic heterocycles. The van der Waals surface area contributed by atoms with Crippen LogP contribution < -0.4 is 5.32 Å². The largest absolute Gasteiger partial charge is 0.436 e. The summed E-state index contributed by atoms with van der Waals surface area (Å²) in [5.74, 6) is 0.933. The number of nitrogens with zero attached hydrogens (tertiary/aromatic N) is 2. The summed E-state index contributed by atoms with van der Waals surface area (Å²) < 4.78 is 5.95. The molecule has 0 bridgehead atoms. The van der Waals surface area contributed by atoms with E-state index >= 15 is 0 Å². The minimum Gasteiger partial charge on any atom is -0.436 e. The molecule has 1 fully saturated rings. The molecule has 1 aliphatic rings. The van der Waals surface area contributed by atoms with Crippen LogP contribution in [0.15, 0.2) is 53.1 Å². The number of nitrogens with one attached hydrogen (secondary N) is 2. The van der Waals surface area contributed by atoms with Crippen LogP contribution in [0.25, 0.3) is 33.8 Å². The number of amides is 1. The van der Waals surface area contributed by atoms with Gasteiger partial charge in [-0.25, -0.2) is 4.98 Å². The number of aromatic amines is 1. The third kappa shape index (κ3) is 3.17. The molecular formula is C22H20N4O2. The number of aryl methyl sites for hydroxylation is 1. The molecule has 0 atom stereocenters. The topological polar surface area (TPSA) is 83.8 Å². The van der Waals surface area contributed by atoms with Crippen molar-refractivity contribution in [3.8, 4) is 22.7 Å². The van der Waals surface area contributed by atoms with Crippen LogP contribution >= 0.6 is 0 Å². The molecule has 0 saturated heterocycles. The van der Waals surface area contributed by atoms with Crippen molar-refractivity contribution in [2.45, 2.75) is 26.3 Å². The lowest BCUT2D eigenvalue weighted by molar-refractivity contribution is -0.122. The van der Waals surface area contributed by atoms with Crippen molar-refractivity contribution in [3.05, 3.63) is 59.8 Å². The minimum atomic E-state index is 0.158. The van der Waals surface area contributed by atoms with Gasteiger partial charge in [-0.3, -0.25) is 9.89 Å². The Morgan fingerprint density at radius 3 is 2.82 bits per heavy atom. The SMILES string of the molecule is Cc1ccc2nc(-c3cn[nH]c3-c3ccc(CNC(=O)C4CC4)cc3)oc2c1. The Morgan fingerprint density at radius 2 is 2.04 bits per heavy atom. The van der Waals surface area contributed by atoms with E-state index in [1.54, 1.807) is 6.20 Å². The molecule has 2 heterocycles. The highest BCUT2D eigenvalue weighted by molar-refractivity contribution is 5.82. The number of carbonyl (C=O) groups is 1. The van der Waals surface area contributed by atoms with E-state index in [4.69, 9.17) is 4.42 Å². The van der Waals surface area contributed by atoms with Crippen LogP contribution in [0, 0.1) is 12.8 Å². The highest BCUT2D eigenvalue weighted by atomic mass is 16.3. The fourth-order valence-corrected chi connectivity index (χ4v) is 3.28. The van der Waals surface area contributed by atoms with Gasteiger partial charge in [-0.15, -0.1) is 0 Å². The Labute approximate surface area is 162 Å². The van der Waals surface area contributed by atoms with Gasteiger partial charge in [-0.1, -0.05) is 30.3 Å². The second-order valence-electron chi connectivity index (χ2n) is 7.34. The van der Waals surface area contributed by atoms with Gasteiger partial charge in [-0.05, 0) is 43.0 Å². The number of rotatable bonds is 5. The molecule has 4 aromatic rings. The fraction of sp³-hybridized carbons (Fsp3) is 0.227. The predicted octanol–water partition coefficient (Wildman–Crippen LogP) is 4.22. The molecule has 0 spiro atoms. The summed E-state index contributed by atoms with van der Waals surface area (Å²) in [4.78, 5) is 16.4. The predicted molar refractivity (Wildman–Crippen MR) is 106 cm³/mol. The van der Waals surface area contributed by atoms with Crippen molar-refractivity contribution in [1.29, 1.82) is 0 Å². The monoisotopic (exact) mass is 372 g/mol. The van der Waals surface area contributed by atoms with Crippen molar-refractivity contribution < 1.29 is 9.21 Å². The van der Waals surface area contributed by atoms with Crippen LogP contribution in [0.4, 0.5) is 0 Å². The Hall–Kier alpha value is -3.41. The number of hydrogen-bond acceptors (Lipinski definition) is 4. The van der Waals surface area contributed by atoms with Gasteiger partial charge in [0.25, 0.3) is 0 Å². The van der Waals surface area contributed by atoms with Crippen molar-refractivity contribution in [2.75, 3.05) is 0 Å². The Balaban J connectivity index is 1.39. The first-order chi connectivity index (χ1) is 13.7. The average molecular weight is 372 g/mol. The summed E-state index contributed by atoms with van der Waals surface area (Å²) >= 11 is 0. The number of carbonyl (C=O) groups excluding carboxylic acids is 1. The van der Waals surface area contributed by atoms with E-state index in [1.807, 2.05) is 49.4 Å². The first-order valence-electron chi connectivity index (χ1n) is 9.45. The summed E-state index contributed by atoms with van der Waals surface area (Å²) in [5.41, 5.74) is 6.46. The Bertz CT molecular complexity index is 1150. The molecule has 6 nitrogen and oxygen atoms in total. The number of benzene rings is 2. The maximum absolute atomic E-state index is 11.8. The number of oxazole rings is 1. The number of H-pyrrole nitrogens is 1. The molecule has 1 saturated carbocycles. The van der Waals surface area contributed by atoms with Crippen molar-refractivity contribution >= 4 is 17.0 Å². The minimum absolute atomic E-state index is 0.158. The highest BCUT2D eigenvalue weighted by Crippen LogP contribution is 2.32. The molecule has 0 unspecified atom stereocenters. The van der Waals surface area contributed by atoms with Gasteiger partial charge in [0.15, 0.2) is 5.58 Å². The molecular weight excluding hydrogens is 352 g/mol. The van der Waals surface area contributed by atoms with E-state index < -0.39 is 0 Å². The molecule has 6 heteroatoms. The fourth-order valence-electron chi connectivity index (χ4n) is 3.28. The second-order valence-corrected chi connectivity index (χ2v) is 7.34. The Kier molecular flexibility index (Phi) is 3.97. The number of aromatic nitrogens is 3. The van der Waals surface area contributed by atoms with Gasteiger partial charge in [0.1, 0.15) is 5.52 Å². The summed E-state index contributed by atoms with van der Waals surface area (Å²) in [6.07, 6.45) is 3.77. The summed E-state index contributed by atoms with van der Waals surface area (Å²) in [6.45, 7) is 2.58. The third-order valence-corrected chi connectivity index (χ3v) is 5.07. The molecule has 2 N–H and O–H groups in total. The van der Waals surface area contributed by atoms with Crippen molar-refractivity contribution in [2.24, 2.45) is 5.92 Å². The van der Waals surface area contributed by atoms with Gasteiger partial charge < -0.3 is 9.73 Å². The normalized spacial score (nSPS) is 13.8. The van der Waals surface area contributed by atoms with Gasteiger partial charge in [0.05, 0.1) is 17.5 Å². The van der Waals surface area contributed by atoms with Crippen LogP contribution in [-0.2, 0) is 11.3 Å². The zero-order valence-electron chi connectivity index (χ0n) is 15.5. The standard InChI is InChI=1S/C22H20N4O2/c1-13-2-9-18-19(10-13)28-22(25-18)17-12-24-26-20(17)15-5-3-14(4-6-15)11-23-21(27)16-7-8-16/h2-6,9-10,12,16H,7-8,11H2,1H3,(H,23,27)(H,24,26). The van der Waals surface area contributed by atoms with Crippen molar-refractivity contribution in [1.82, 2.24) is 20.5 Å². The summed E-state index contributed by atoms with van der Waals surface area (Å²) in [5, 5.41) is 10.2. The highest BCUT2D eigenvalue weighted by Gasteiger charge is 2.29. The molecule has 140 valence electrons. The van der Waals surface area contributed by atoms with E-state index in [-0.39, 0.29) is 11.8 Å². The van der Waals surface area contributed by atoms with Gasteiger partial charge in [0, 0.05) is 18.0 Å². The third-order valence-electron chi connectivity index (χ3n) is 5.07. The molecule has 2 aromatic carbocycles. The maximum atomic E-state index is 11.8. The molecule has 1 aliphatic carbocycles. The van der Waals surface area contributed by atoms with Crippen LogP contribution in [0.1, 0.15) is 24.0 Å². The zero-order chi connectivity index (χ0) is 19.1. The van der Waals surface area contributed by atoms with E-state index in [0.717, 1.165) is 51.9 Å². The van der Waals surface area contributed by atoms with E-state index in [9.17, 15) is 4.79 Å². The van der Waals surface area contributed by atoms with Gasteiger partial charge >= 0.3 is 0 Å². The van der Waals surface area contributed by atoms with Crippen molar-refractivity contribution in [3.63, 3.8) is 0 Å². The zero-order valence-corrected chi connectivity index (χ0v) is 15.5. The van der Waals surface area contributed by atoms with Gasteiger partial charge in [0.2, 0.25) is 11.8 Å². The first kappa shape index (κ1) is 16.7. The average Bonchev–Trinajstić information content (AvgIpc) is 3.30. The second kappa shape index (κ2) is 6.64. The molecule has 0 radical (unpaired) electrons. The quantitative estimate of drug-likeness (QED) is 0.549. The van der Waals surface area contributed by atoms with Crippen LogP contribution in [0.5, 0.6) is 0 Å². The molecule has 1 amide bonds. The smallest absolute Gasteiger partial charge is 0.231 e. The summed E-state index contributed by atoms with van der Waals surface area (Å²) in [7, 11) is 0. The van der Waals surface area contributed by atoms with Crippen LogP contribution in [0.3, 0.4) is 0 Å². The maximum Gasteiger partial charge on any atom is 0.231 e. The summed E-state index contributed by atoms with van der Waals surface area (Å²) in [6, 6.07) is 14.0. The number of hydrogen-bond donors (Lipinski definition) is 2. The number of fused-ring (bicyclic) bond motifs is 1. The van der Waals surface area contributed by atoms with Crippen LogP contribution in [-0.4, -0.2) is 21.1 Å². The lowest BCUT2D eigenvalue weighted by Gasteiger charge is -2.06. The van der Waals surface area contributed by atoms with E-state index in [0.29, 0.717) is 12.4 Å². The molecule has 28 heavy (non-hydrogen) atoms. The lowest BCUT2D eigenvalue weighted by Crippen LogP contribution is -2.24. The first-order valence-corrected chi connectivity index (χ1v) is 9.45. The lowest BCUT2D eigenvalue weighted by atomic mass is 10.1. The van der Waals surface area contributed by atoms with E-state index in [1.165, 1.54) is 0 Å². The Morgan fingerprint density at radius 1 is 1.21 bits per heavy atom. The van der Waals surface area contributed by atoms with E-state index in [2.05, 4.69) is 20.5 Å².